The van der Waals surface area contributed by atoms with Crippen LogP contribution in [0.15, 0.2) is 60.0 Å². The maximum Gasteiger partial charge on any atom is 0.225 e. The number of nitrogens with zero attached hydrogens (tertiary/aromatic N) is 3. The van der Waals surface area contributed by atoms with Gasteiger partial charge in [0.2, 0.25) is 5.91 Å². The van der Waals surface area contributed by atoms with E-state index in [0.717, 1.165) is 16.8 Å². The van der Waals surface area contributed by atoms with Crippen LogP contribution in [0, 0.1) is 5.92 Å². The first-order valence-electron chi connectivity index (χ1n) is 8.59. The Bertz CT molecular complexity index is 729. The van der Waals surface area contributed by atoms with Crippen molar-refractivity contribution in [3.8, 4) is 0 Å². The summed E-state index contributed by atoms with van der Waals surface area (Å²) in [4.78, 5) is 24.2. The lowest BCUT2D eigenvalue weighted by Crippen LogP contribution is -2.39. The maximum absolute atomic E-state index is 12.6. The second kappa shape index (κ2) is 7.92. The molecule has 2 heterocycles. The molecule has 25 heavy (non-hydrogen) atoms. The van der Waals surface area contributed by atoms with Crippen LogP contribution < -0.4 is 0 Å². The summed E-state index contributed by atoms with van der Waals surface area (Å²) in [6.07, 6.45) is 4.08. The molecule has 1 aromatic carbocycles. The molecule has 5 nitrogen and oxygen atoms in total. The summed E-state index contributed by atoms with van der Waals surface area (Å²) in [5.41, 5.74) is 2.97. The lowest BCUT2D eigenvalue weighted by molar-refractivity contribution is -0.136. The number of hydrogen-bond acceptors (Lipinski definition) is 4. The second-order valence-electron chi connectivity index (χ2n) is 6.57. The van der Waals surface area contributed by atoms with E-state index in [-0.39, 0.29) is 17.9 Å². The Hall–Kier alpha value is -2.69. The highest BCUT2D eigenvalue weighted by Crippen LogP contribution is 2.19. The molecule has 0 spiro atoms. The average molecular weight is 337 g/mol. The molecule has 0 unspecified atom stereocenters. The standard InChI is InChI=1S/C20H23N3O2/c1-15(2)20(24)23(13-16-7-4-3-5-8-16)14-18-11-19(22-25-18)17-9-6-10-21-12-17/h3-10,12,15,18H,11,13-14H2,1-2H3/t18-/m0/s1. The first-order valence-corrected chi connectivity index (χ1v) is 8.59. The van der Waals surface area contributed by atoms with Gasteiger partial charge in [-0.05, 0) is 17.7 Å². The highest BCUT2D eigenvalue weighted by Gasteiger charge is 2.27. The third-order valence-corrected chi connectivity index (χ3v) is 4.17. The molecule has 0 radical (unpaired) electrons. The van der Waals surface area contributed by atoms with Gasteiger partial charge < -0.3 is 9.74 Å². The van der Waals surface area contributed by atoms with Crippen molar-refractivity contribution in [1.82, 2.24) is 9.88 Å². The van der Waals surface area contributed by atoms with Gasteiger partial charge in [-0.2, -0.15) is 0 Å². The molecule has 0 aliphatic carbocycles. The Kier molecular flexibility index (Phi) is 5.43. The van der Waals surface area contributed by atoms with Gasteiger partial charge in [-0.15, -0.1) is 0 Å². The fraction of sp³-hybridized carbons (Fsp3) is 0.350. The number of pyridine rings is 1. The molecule has 0 saturated heterocycles. The van der Waals surface area contributed by atoms with E-state index in [2.05, 4.69) is 10.1 Å². The number of benzene rings is 1. The van der Waals surface area contributed by atoms with Gasteiger partial charge in [0, 0.05) is 36.8 Å². The van der Waals surface area contributed by atoms with Crippen molar-refractivity contribution in [2.45, 2.75) is 32.9 Å². The zero-order valence-electron chi connectivity index (χ0n) is 14.6. The van der Waals surface area contributed by atoms with Gasteiger partial charge in [-0.3, -0.25) is 9.78 Å². The highest BCUT2D eigenvalue weighted by atomic mass is 16.6. The molecule has 0 fully saturated rings. The SMILES string of the molecule is CC(C)C(=O)N(Cc1ccccc1)C[C@@H]1CC(c2cccnc2)=NO1. The van der Waals surface area contributed by atoms with Crippen molar-refractivity contribution in [2.75, 3.05) is 6.54 Å². The van der Waals surface area contributed by atoms with Gasteiger partial charge >= 0.3 is 0 Å². The van der Waals surface area contributed by atoms with E-state index in [4.69, 9.17) is 4.84 Å². The number of hydrogen-bond donors (Lipinski definition) is 0. The Morgan fingerprint density at radius 2 is 2.04 bits per heavy atom. The molecule has 1 aromatic heterocycles. The van der Waals surface area contributed by atoms with Gasteiger partial charge in [0.15, 0.2) is 6.10 Å². The van der Waals surface area contributed by atoms with Crippen LogP contribution in [0.4, 0.5) is 0 Å². The minimum Gasteiger partial charge on any atom is -0.390 e. The Labute approximate surface area is 148 Å². The summed E-state index contributed by atoms with van der Waals surface area (Å²) < 4.78 is 0. The van der Waals surface area contributed by atoms with Gasteiger partial charge in [-0.1, -0.05) is 49.3 Å². The molecule has 1 atom stereocenters. The van der Waals surface area contributed by atoms with Crippen molar-refractivity contribution in [1.29, 1.82) is 0 Å². The highest BCUT2D eigenvalue weighted by molar-refractivity contribution is 6.01. The third-order valence-electron chi connectivity index (χ3n) is 4.17. The molecule has 3 rings (SSSR count). The fourth-order valence-electron chi connectivity index (χ4n) is 2.88. The van der Waals surface area contributed by atoms with Crippen LogP contribution in [-0.4, -0.2) is 34.2 Å². The van der Waals surface area contributed by atoms with E-state index in [1.165, 1.54) is 0 Å². The first-order chi connectivity index (χ1) is 12.1. The van der Waals surface area contributed by atoms with Crippen molar-refractivity contribution >= 4 is 11.6 Å². The summed E-state index contributed by atoms with van der Waals surface area (Å²) in [5.74, 6) is 0.0751. The van der Waals surface area contributed by atoms with Crippen LogP contribution in [-0.2, 0) is 16.2 Å². The van der Waals surface area contributed by atoms with Crippen LogP contribution in [0.5, 0.6) is 0 Å². The Balaban J connectivity index is 1.66. The van der Waals surface area contributed by atoms with E-state index in [9.17, 15) is 4.79 Å². The number of carbonyl (C=O) groups is 1. The summed E-state index contributed by atoms with van der Waals surface area (Å²) in [6, 6.07) is 13.9. The molecule has 130 valence electrons. The monoisotopic (exact) mass is 337 g/mol. The molecular formula is C20H23N3O2. The molecule has 2 aromatic rings. The number of oxime groups is 1. The Morgan fingerprint density at radius 1 is 1.24 bits per heavy atom. The smallest absolute Gasteiger partial charge is 0.225 e. The summed E-state index contributed by atoms with van der Waals surface area (Å²) in [6.45, 7) is 4.96. The van der Waals surface area contributed by atoms with E-state index in [1.807, 2.05) is 61.2 Å². The Morgan fingerprint density at radius 3 is 2.72 bits per heavy atom. The summed E-state index contributed by atoms with van der Waals surface area (Å²) >= 11 is 0. The fourth-order valence-corrected chi connectivity index (χ4v) is 2.88. The van der Waals surface area contributed by atoms with E-state index in [1.54, 1.807) is 12.4 Å². The minimum atomic E-state index is -0.124. The van der Waals surface area contributed by atoms with Crippen molar-refractivity contribution in [2.24, 2.45) is 11.1 Å². The maximum atomic E-state index is 12.6. The van der Waals surface area contributed by atoms with Crippen molar-refractivity contribution < 1.29 is 9.63 Å². The number of aromatic nitrogens is 1. The molecule has 1 aliphatic rings. The minimum absolute atomic E-state index is 0.0520. The van der Waals surface area contributed by atoms with E-state index < -0.39 is 0 Å². The molecule has 5 heteroatoms. The van der Waals surface area contributed by atoms with Crippen LogP contribution in [0.1, 0.15) is 31.4 Å². The lowest BCUT2D eigenvalue weighted by Gasteiger charge is -2.26. The quantitative estimate of drug-likeness (QED) is 0.813. The molecule has 1 aliphatic heterocycles. The van der Waals surface area contributed by atoms with Crippen LogP contribution in [0.25, 0.3) is 0 Å². The third kappa shape index (κ3) is 4.44. The average Bonchev–Trinajstić information content (AvgIpc) is 3.11. The topological polar surface area (TPSA) is 54.8 Å². The van der Waals surface area contributed by atoms with Crippen LogP contribution in [0.2, 0.25) is 0 Å². The number of amides is 1. The zero-order valence-corrected chi connectivity index (χ0v) is 14.6. The molecular weight excluding hydrogens is 314 g/mol. The van der Waals surface area contributed by atoms with E-state index in [0.29, 0.717) is 19.5 Å². The summed E-state index contributed by atoms with van der Waals surface area (Å²) in [5, 5.41) is 4.19. The second-order valence-corrected chi connectivity index (χ2v) is 6.57. The van der Waals surface area contributed by atoms with Crippen molar-refractivity contribution in [3.05, 3.63) is 66.0 Å². The van der Waals surface area contributed by atoms with Gasteiger partial charge in [0.05, 0.1) is 12.3 Å². The molecule has 0 bridgehead atoms. The van der Waals surface area contributed by atoms with E-state index >= 15 is 0 Å². The number of carbonyl (C=O) groups excluding carboxylic acids is 1. The van der Waals surface area contributed by atoms with Crippen LogP contribution >= 0.6 is 0 Å². The zero-order chi connectivity index (χ0) is 17.6. The number of rotatable bonds is 6. The predicted molar refractivity (Wildman–Crippen MR) is 97.0 cm³/mol. The predicted octanol–water partition coefficient (Wildman–Crippen LogP) is 3.26. The van der Waals surface area contributed by atoms with Crippen molar-refractivity contribution in [3.63, 3.8) is 0 Å². The van der Waals surface area contributed by atoms with Gasteiger partial charge in [-0.25, -0.2) is 0 Å². The molecule has 0 N–H and O–H groups in total. The molecule has 1 amide bonds. The molecule has 0 saturated carbocycles. The van der Waals surface area contributed by atoms with Gasteiger partial charge in [0.1, 0.15) is 0 Å². The largest absolute Gasteiger partial charge is 0.390 e. The lowest BCUT2D eigenvalue weighted by atomic mass is 10.1. The normalized spacial score (nSPS) is 16.4. The first kappa shape index (κ1) is 17.1. The van der Waals surface area contributed by atoms with Gasteiger partial charge in [0.25, 0.3) is 0 Å². The van der Waals surface area contributed by atoms with Crippen LogP contribution in [0.3, 0.4) is 0 Å². The summed E-state index contributed by atoms with van der Waals surface area (Å²) in [7, 11) is 0.